The van der Waals surface area contributed by atoms with Gasteiger partial charge in [0, 0.05) is 19.3 Å². The van der Waals surface area contributed by atoms with Gasteiger partial charge in [-0.25, -0.2) is 0 Å². The third-order valence-electron chi connectivity index (χ3n) is 10.1. The summed E-state index contributed by atoms with van der Waals surface area (Å²) in [6.07, 6.45) is 63.9. The number of hydrogen-bond acceptors (Lipinski definition) is 6. The fourth-order valence-electron chi connectivity index (χ4n) is 6.45. The second-order valence-electron chi connectivity index (χ2n) is 16.0. The number of rotatable bonds is 43. The van der Waals surface area contributed by atoms with Crippen molar-refractivity contribution >= 4 is 17.9 Å². The van der Waals surface area contributed by atoms with E-state index in [1.165, 1.54) is 44.9 Å². The van der Waals surface area contributed by atoms with E-state index in [1.807, 2.05) is 0 Å². The van der Waals surface area contributed by atoms with E-state index in [4.69, 9.17) is 14.2 Å². The van der Waals surface area contributed by atoms with Crippen molar-refractivity contribution in [2.45, 2.75) is 219 Å². The zero-order valence-corrected chi connectivity index (χ0v) is 39.4. The summed E-state index contributed by atoms with van der Waals surface area (Å²) in [5.74, 6) is -0.981. The monoisotopic (exact) mass is 847 g/mol. The Morgan fingerprint density at radius 1 is 0.361 bits per heavy atom. The summed E-state index contributed by atoms with van der Waals surface area (Å²) in [5, 5.41) is 0. The van der Waals surface area contributed by atoms with E-state index >= 15 is 0 Å². The zero-order valence-electron chi connectivity index (χ0n) is 39.4. The van der Waals surface area contributed by atoms with Crippen LogP contribution in [-0.2, 0) is 28.6 Å². The van der Waals surface area contributed by atoms with Crippen molar-refractivity contribution in [3.8, 4) is 0 Å². The number of allylic oxidation sites excluding steroid dienone is 16. The van der Waals surface area contributed by atoms with Gasteiger partial charge in [0.1, 0.15) is 13.2 Å². The summed E-state index contributed by atoms with van der Waals surface area (Å²) in [5.41, 5.74) is 0. The average Bonchev–Trinajstić information content (AvgIpc) is 3.26. The van der Waals surface area contributed by atoms with Crippen molar-refractivity contribution < 1.29 is 28.6 Å². The fraction of sp³-hybridized carbons (Fsp3) is 0.655. The largest absolute Gasteiger partial charge is 0.462 e. The molecule has 0 saturated carbocycles. The molecule has 6 heteroatoms. The van der Waals surface area contributed by atoms with Crippen LogP contribution in [-0.4, -0.2) is 37.2 Å². The van der Waals surface area contributed by atoms with Crippen LogP contribution in [0, 0.1) is 0 Å². The average molecular weight is 847 g/mol. The minimum atomic E-state index is -0.809. The van der Waals surface area contributed by atoms with Crippen LogP contribution < -0.4 is 0 Å². The second-order valence-corrected chi connectivity index (χ2v) is 16.0. The van der Waals surface area contributed by atoms with Crippen LogP contribution in [0.25, 0.3) is 0 Å². The first kappa shape index (κ1) is 57.3. The molecule has 6 nitrogen and oxygen atoms in total. The second kappa shape index (κ2) is 49.0. The highest BCUT2D eigenvalue weighted by atomic mass is 16.6. The molecular formula is C55H90O6. The molecule has 0 spiro atoms. The molecular weight excluding hydrogens is 757 g/mol. The quantitative estimate of drug-likeness (QED) is 0.0200. The molecule has 0 aromatic heterocycles. The van der Waals surface area contributed by atoms with E-state index in [-0.39, 0.29) is 37.5 Å². The Balaban J connectivity index is 4.50. The highest BCUT2D eigenvalue weighted by molar-refractivity contribution is 5.71. The van der Waals surface area contributed by atoms with Gasteiger partial charge in [-0.05, 0) is 96.3 Å². The molecule has 0 saturated heterocycles. The van der Waals surface area contributed by atoms with Gasteiger partial charge in [-0.2, -0.15) is 0 Å². The molecule has 0 aromatic rings. The number of esters is 3. The molecule has 346 valence electrons. The Hall–Kier alpha value is -3.67. The van der Waals surface area contributed by atoms with Gasteiger partial charge < -0.3 is 14.2 Å². The predicted octanol–water partition coefficient (Wildman–Crippen LogP) is 16.2. The Morgan fingerprint density at radius 3 is 1.21 bits per heavy atom. The van der Waals surface area contributed by atoms with E-state index in [2.05, 4.69) is 118 Å². The lowest BCUT2D eigenvalue weighted by atomic mass is 10.1. The molecule has 1 unspecified atom stereocenters. The topological polar surface area (TPSA) is 78.9 Å². The highest BCUT2D eigenvalue weighted by Gasteiger charge is 2.19. The van der Waals surface area contributed by atoms with E-state index in [0.29, 0.717) is 12.8 Å². The molecule has 0 amide bonds. The minimum Gasteiger partial charge on any atom is -0.462 e. The van der Waals surface area contributed by atoms with Gasteiger partial charge in [-0.3, -0.25) is 14.4 Å². The molecule has 61 heavy (non-hydrogen) atoms. The Labute approximate surface area is 375 Å². The molecule has 0 rings (SSSR count). The molecule has 0 aliphatic heterocycles. The summed E-state index contributed by atoms with van der Waals surface area (Å²) in [7, 11) is 0. The molecule has 1 atom stereocenters. The normalized spacial score (nSPS) is 12.9. The zero-order chi connectivity index (χ0) is 44.4. The maximum absolute atomic E-state index is 12.8. The van der Waals surface area contributed by atoms with Gasteiger partial charge in [0.2, 0.25) is 0 Å². The van der Waals surface area contributed by atoms with Crippen molar-refractivity contribution in [2.24, 2.45) is 0 Å². The van der Waals surface area contributed by atoms with Crippen LogP contribution in [0.3, 0.4) is 0 Å². The lowest BCUT2D eigenvalue weighted by Gasteiger charge is -2.18. The fourth-order valence-corrected chi connectivity index (χ4v) is 6.45. The number of carbonyl (C=O) groups is 3. The molecule has 0 aliphatic carbocycles. The van der Waals surface area contributed by atoms with E-state index in [0.717, 1.165) is 128 Å². The van der Waals surface area contributed by atoms with Gasteiger partial charge in [-0.15, -0.1) is 0 Å². The summed E-state index contributed by atoms with van der Waals surface area (Å²) < 4.78 is 16.7. The number of ether oxygens (including phenoxy) is 3. The Morgan fingerprint density at radius 2 is 0.721 bits per heavy atom. The number of carbonyl (C=O) groups excluding carboxylic acids is 3. The molecule has 0 radical (unpaired) electrons. The molecule has 0 bridgehead atoms. The molecule has 0 aliphatic rings. The van der Waals surface area contributed by atoms with Gasteiger partial charge in [0.25, 0.3) is 0 Å². The Bertz CT molecular complexity index is 1250. The lowest BCUT2D eigenvalue weighted by Crippen LogP contribution is -2.30. The first-order chi connectivity index (χ1) is 30.0. The first-order valence-corrected chi connectivity index (χ1v) is 24.8. The molecule has 0 N–H and O–H groups in total. The van der Waals surface area contributed by atoms with Gasteiger partial charge in [0.15, 0.2) is 6.10 Å². The van der Waals surface area contributed by atoms with E-state index in [9.17, 15) is 14.4 Å². The van der Waals surface area contributed by atoms with Crippen molar-refractivity contribution in [1.82, 2.24) is 0 Å². The predicted molar refractivity (Wildman–Crippen MR) is 260 cm³/mol. The van der Waals surface area contributed by atoms with Gasteiger partial charge >= 0.3 is 17.9 Å². The SMILES string of the molecule is CC/C=C/C=C/C=C/CCCCCCCC(=O)OCC(COC(=O)CCCCC/C=C/C=C/CCCCCCCCC)OC(=O)CCCCCC/C=C/C/C=C/C/C=C/CC. The van der Waals surface area contributed by atoms with Crippen LogP contribution >= 0.6 is 0 Å². The van der Waals surface area contributed by atoms with E-state index < -0.39 is 6.10 Å². The minimum absolute atomic E-state index is 0.107. The number of hydrogen-bond donors (Lipinski definition) is 0. The number of unbranched alkanes of at least 4 members (excludes halogenated alkanes) is 19. The third kappa shape index (κ3) is 47.2. The van der Waals surface area contributed by atoms with Gasteiger partial charge in [-0.1, -0.05) is 195 Å². The molecule has 0 aromatic carbocycles. The van der Waals surface area contributed by atoms with Crippen molar-refractivity contribution in [3.63, 3.8) is 0 Å². The highest BCUT2D eigenvalue weighted by Crippen LogP contribution is 2.13. The van der Waals surface area contributed by atoms with Crippen LogP contribution in [0.15, 0.2) is 97.2 Å². The Kier molecular flexibility index (Phi) is 46.0. The maximum Gasteiger partial charge on any atom is 0.306 e. The van der Waals surface area contributed by atoms with Crippen LogP contribution in [0.2, 0.25) is 0 Å². The van der Waals surface area contributed by atoms with Crippen molar-refractivity contribution in [1.29, 1.82) is 0 Å². The maximum atomic E-state index is 12.8. The third-order valence-corrected chi connectivity index (χ3v) is 10.1. The molecule has 0 fully saturated rings. The van der Waals surface area contributed by atoms with Crippen LogP contribution in [0.1, 0.15) is 213 Å². The van der Waals surface area contributed by atoms with Crippen molar-refractivity contribution in [3.05, 3.63) is 97.2 Å². The summed E-state index contributed by atoms with van der Waals surface area (Å²) >= 11 is 0. The first-order valence-electron chi connectivity index (χ1n) is 24.8. The lowest BCUT2D eigenvalue weighted by molar-refractivity contribution is -0.167. The summed E-state index contributed by atoms with van der Waals surface area (Å²) in [6.45, 7) is 6.31. The van der Waals surface area contributed by atoms with Crippen LogP contribution in [0.4, 0.5) is 0 Å². The van der Waals surface area contributed by atoms with Crippen molar-refractivity contribution in [2.75, 3.05) is 13.2 Å². The summed E-state index contributed by atoms with van der Waals surface area (Å²) in [6, 6.07) is 0. The van der Waals surface area contributed by atoms with Crippen LogP contribution in [0.5, 0.6) is 0 Å². The smallest absolute Gasteiger partial charge is 0.306 e. The molecule has 0 heterocycles. The standard InChI is InChI=1S/C55H90O6/c1-4-7-10-13-16-19-22-25-27-28-31-33-36-39-42-45-48-54(57)60-51-52(50-59-53(56)47-44-41-38-35-32-29-24-21-18-15-12-9-6-3)61-55(58)49-46-43-40-37-34-30-26-23-20-17-14-11-8-5-2/h8-9,11-12,15,17-18,20-21,24,26-28,30-31,33,52H,4-7,10,13-14,16,19,22-23,25,29,32,34-51H2,1-3H3/b11-8+,12-9+,18-15+,20-17+,24-21+,28-27+,30-26+,33-31+. The van der Waals surface area contributed by atoms with Gasteiger partial charge in [0.05, 0.1) is 0 Å². The van der Waals surface area contributed by atoms with E-state index in [1.54, 1.807) is 0 Å². The summed E-state index contributed by atoms with van der Waals surface area (Å²) in [4.78, 5) is 37.9.